The second kappa shape index (κ2) is 7.99. The van der Waals surface area contributed by atoms with E-state index >= 15 is 0 Å². The van der Waals surface area contributed by atoms with Crippen LogP contribution in [0.3, 0.4) is 0 Å². The summed E-state index contributed by atoms with van der Waals surface area (Å²) in [7, 11) is 1.44. The Balaban J connectivity index is 2.47. The Labute approximate surface area is 120 Å². The van der Waals surface area contributed by atoms with Crippen molar-refractivity contribution in [1.29, 1.82) is 0 Å². The maximum absolute atomic E-state index is 12.1. The van der Waals surface area contributed by atoms with Crippen LogP contribution in [0.1, 0.15) is 22.3 Å². The van der Waals surface area contributed by atoms with Crippen LogP contribution in [-0.4, -0.2) is 43.6 Å². The van der Waals surface area contributed by atoms with Crippen molar-refractivity contribution < 1.29 is 27.8 Å². The monoisotopic (exact) mass is 305 g/mol. The van der Waals surface area contributed by atoms with Gasteiger partial charge in [-0.3, -0.25) is 4.79 Å². The fourth-order valence-corrected chi connectivity index (χ4v) is 1.67. The number of halogens is 3. The van der Waals surface area contributed by atoms with E-state index in [-0.39, 0.29) is 19.6 Å². The van der Waals surface area contributed by atoms with Crippen LogP contribution in [0.15, 0.2) is 24.3 Å². The Morgan fingerprint density at radius 2 is 1.95 bits per heavy atom. The number of alkyl halides is 3. The summed E-state index contributed by atoms with van der Waals surface area (Å²) in [4.78, 5) is 11.7. The van der Waals surface area contributed by atoms with Gasteiger partial charge in [-0.1, -0.05) is 12.1 Å². The number of aryl methyl sites for hydroxylation is 1. The van der Waals surface area contributed by atoms with Gasteiger partial charge in [0, 0.05) is 25.6 Å². The smallest absolute Gasteiger partial charge is 0.389 e. The van der Waals surface area contributed by atoms with Crippen LogP contribution in [-0.2, 0) is 11.2 Å². The molecule has 1 atom stereocenters. The minimum absolute atomic E-state index is 0.0441. The fraction of sp³-hybridized carbons (Fsp3) is 0.500. The lowest BCUT2D eigenvalue weighted by Crippen LogP contribution is -2.34. The fourth-order valence-electron chi connectivity index (χ4n) is 1.67. The molecule has 1 aromatic carbocycles. The van der Waals surface area contributed by atoms with Crippen LogP contribution in [0.25, 0.3) is 0 Å². The number of amides is 1. The minimum Gasteiger partial charge on any atom is -0.389 e. The standard InChI is InChI=1S/C14H18F3NO3/c1-21-9-12(19)8-18-13(20)11-4-2-10(3-5-11)6-7-14(15,16)17/h2-5,12,19H,6-9H2,1H3,(H,18,20). The number of aliphatic hydroxyl groups excluding tert-OH is 1. The van der Waals surface area contributed by atoms with Gasteiger partial charge in [0.2, 0.25) is 0 Å². The first-order chi connectivity index (χ1) is 9.81. The van der Waals surface area contributed by atoms with Crippen LogP contribution < -0.4 is 5.32 Å². The van der Waals surface area contributed by atoms with Crippen LogP contribution >= 0.6 is 0 Å². The van der Waals surface area contributed by atoms with Crippen LogP contribution in [0, 0.1) is 0 Å². The van der Waals surface area contributed by atoms with E-state index in [9.17, 15) is 23.1 Å². The van der Waals surface area contributed by atoms with E-state index in [1.54, 1.807) is 0 Å². The third kappa shape index (κ3) is 7.10. The third-order valence-electron chi connectivity index (χ3n) is 2.77. The molecule has 1 amide bonds. The second-order valence-corrected chi connectivity index (χ2v) is 4.63. The first-order valence-electron chi connectivity index (χ1n) is 6.42. The molecule has 21 heavy (non-hydrogen) atoms. The lowest BCUT2D eigenvalue weighted by molar-refractivity contribution is -0.134. The molecule has 1 aromatic rings. The third-order valence-corrected chi connectivity index (χ3v) is 2.77. The maximum atomic E-state index is 12.1. The average Bonchev–Trinajstić information content (AvgIpc) is 2.42. The van der Waals surface area contributed by atoms with Gasteiger partial charge in [-0.25, -0.2) is 0 Å². The number of hydrogen-bond acceptors (Lipinski definition) is 3. The molecule has 0 saturated carbocycles. The number of rotatable bonds is 7. The van der Waals surface area contributed by atoms with Gasteiger partial charge < -0.3 is 15.2 Å². The second-order valence-electron chi connectivity index (χ2n) is 4.63. The van der Waals surface area contributed by atoms with Gasteiger partial charge in [-0.05, 0) is 24.1 Å². The number of methoxy groups -OCH3 is 1. The molecule has 0 radical (unpaired) electrons. The summed E-state index contributed by atoms with van der Waals surface area (Å²) < 4.78 is 41.0. The van der Waals surface area contributed by atoms with E-state index in [1.165, 1.54) is 31.4 Å². The summed E-state index contributed by atoms with van der Waals surface area (Å²) in [6.07, 6.45) is -5.99. The highest BCUT2D eigenvalue weighted by molar-refractivity contribution is 5.94. The highest BCUT2D eigenvalue weighted by atomic mass is 19.4. The van der Waals surface area contributed by atoms with Crippen molar-refractivity contribution in [3.63, 3.8) is 0 Å². The van der Waals surface area contributed by atoms with Crippen molar-refractivity contribution in [3.05, 3.63) is 35.4 Å². The molecule has 0 aromatic heterocycles. The molecule has 0 aliphatic carbocycles. The lowest BCUT2D eigenvalue weighted by atomic mass is 10.1. The first-order valence-corrected chi connectivity index (χ1v) is 6.42. The molecule has 1 unspecified atom stereocenters. The average molecular weight is 305 g/mol. The zero-order valence-corrected chi connectivity index (χ0v) is 11.6. The summed E-state index contributed by atoms with van der Waals surface area (Å²) in [6, 6.07) is 5.91. The molecule has 0 spiro atoms. The molecule has 7 heteroatoms. The van der Waals surface area contributed by atoms with Crippen LogP contribution in [0.4, 0.5) is 13.2 Å². The van der Waals surface area contributed by atoms with Gasteiger partial charge in [-0.15, -0.1) is 0 Å². The number of aliphatic hydroxyl groups is 1. The summed E-state index contributed by atoms with van der Waals surface area (Å²) in [5.41, 5.74) is 0.846. The molecule has 4 nitrogen and oxygen atoms in total. The van der Waals surface area contributed by atoms with Crippen molar-refractivity contribution in [2.75, 3.05) is 20.3 Å². The van der Waals surface area contributed by atoms with Gasteiger partial charge in [0.1, 0.15) is 0 Å². The number of carbonyl (C=O) groups excluding carboxylic acids is 1. The molecule has 0 aliphatic heterocycles. The molecule has 0 heterocycles. The van der Waals surface area contributed by atoms with Crippen LogP contribution in [0.5, 0.6) is 0 Å². The van der Waals surface area contributed by atoms with Crippen LogP contribution in [0.2, 0.25) is 0 Å². The Kier molecular flexibility index (Phi) is 6.64. The van der Waals surface area contributed by atoms with Crippen molar-refractivity contribution in [2.45, 2.75) is 25.1 Å². The maximum Gasteiger partial charge on any atom is 0.389 e. The minimum atomic E-state index is -4.19. The SMILES string of the molecule is COCC(O)CNC(=O)c1ccc(CCC(F)(F)F)cc1. The molecule has 0 aliphatic rings. The Hall–Kier alpha value is -1.60. The van der Waals surface area contributed by atoms with Gasteiger partial charge >= 0.3 is 6.18 Å². The van der Waals surface area contributed by atoms with E-state index in [2.05, 4.69) is 5.32 Å². The molecular formula is C14H18F3NO3. The molecule has 1 rings (SSSR count). The summed E-state index contributed by atoms with van der Waals surface area (Å²) in [5, 5.41) is 11.9. The van der Waals surface area contributed by atoms with E-state index < -0.39 is 24.6 Å². The van der Waals surface area contributed by atoms with Crippen molar-refractivity contribution in [3.8, 4) is 0 Å². The first kappa shape index (κ1) is 17.5. The van der Waals surface area contributed by atoms with E-state index in [1.807, 2.05) is 0 Å². The largest absolute Gasteiger partial charge is 0.389 e. The Morgan fingerprint density at radius 1 is 1.33 bits per heavy atom. The predicted octanol–water partition coefficient (Wildman–Crippen LogP) is 1.92. The highest BCUT2D eigenvalue weighted by Crippen LogP contribution is 2.22. The van der Waals surface area contributed by atoms with Crippen molar-refractivity contribution in [1.82, 2.24) is 5.32 Å². The van der Waals surface area contributed by atoms with E-state index in [4.69, 9.17) is 4.74 Å². The molecule has 2 N–H and O–H groups in total. The molecular weight excluding hydrogens is 287 g/mol. The molecule has 118 valence electrons. The lowest BCUT2D eigenvalue weighted by Gasteiger charge is -2.11. The Morgan fingerprint density at radius 3 is 2.48 bits per heavy atom. The topological polar surface area (TPSA) is 58.6 Å². The summed E-state index contributed by atoms with van der Waals surface area (Å²) in [6.45, 7) is 0.152. The molecule has 0 bridgehead atoms. The number of carbonyl (C=O) groups is 1. The zero-order chi connectivity index (χ0) is 15.9. The molecule has 0 saturated heterocycles. The van der Waals surface area contributed by atoms with Gasteiger partial charge in [-0.2, -0.15) is 13.2 Å². The highest BCUT2D eigenvalue weighted by Gasteiger charge is 2.26. The molecule has 0 fully saturated rings. The number of hydrogen-bond donors (Lipinski definition) is 2. The zero-order valence-electron chi connectivity index (χ0n) is 11.6. The van der Waals surface area contributed by atoms with E-state index in [0.717, 1.165) is 0 Å². The number of nitrogens with one attached hydrogen (secondary N) is 1. The van der Waals surface area contributed by atoms with Gasteiger partial charge in [0.15, 0.2) is 0 Å². The Bertz CT molecular complexity index is 446. The predicted molar refractivity (Wildman–Crippen MR) is 71.0 cm³/mol. The number of ether oxygens (including phenoxy) is 1. The summed E-state index contributed by atoms with van der Waals surface area (Å²) in [5.74, 6) is -0.396. The summed E-state index contributed by atoms with van der Waals surface area (Å²) >= 11 is 0. The van der Waals surface area contributed by atoms with Crippen molar-refractivity contribution >= 4 is 5.91 Å². The van der Waals surface area contributed by atoms with E-state index in [0.29, 0.717) is 11.1 Å². The van der Waals surface area contributed by atoms with Gasteiger partial charge in [0.05, 0.1) is 12.7 Å². The van der Waals surface area contributed by atoms with Gasteiger partial charge in [0.25, 0.3) is 5.91 Å². The van der Waals surface area contributed by atoms with Crippen molar-refractivity contribution in [2.24, 2.45) is 0 Å². The quantitative estimate of drug-likeness (QED) is 0.809. The normalized spacial score (nSPS) is 13.0. The number of benzene rings is 1.